The molecule has 0 radical (unpaired) electrons. The number of hydrogen-bond donors (Lipinski definition) is 1. The molecule has 1 atom stereocenters. The lowest BCUT2D eigenvalue weighted by Crippen LogP contribution is -2.19. The fourth-order valence-corrected chi connectivity index (χ4v) is 1.28. The van der Waals surface area contributed by atoms with Gasteiger partial charge in [-0.15, -0.1) is 5.10 Å². The van der Waals surface area contributed by atoms with Gasteiger partial charge in [0.1, 0.15) is 6.54 Å². The Bertz CT molecular complexity index is 337. The van der Waals surface area contributed by atoms with Gasteiger partial charge in [-0.3, -0.25) is 4.79 Å². The summed E-state index contributed by atoms with van der Waals surface area (Å²) in [5.41, 5.74) is 6.09. The summed E-state index contributed by atoms with van der Waals surface area (Å²) in [6, 6.07) is 0. The van der Waals surface area contributed by atoms with Crippen LogP contribution in [0.15, 0.2) is 6.20 Å². The lowest BCUT2D eigenvalue weighted by Gasteiger charge is -2.08. The second-order valence-corrected chi connectivity index (χ2v) is 3.76. The number of Topliss-reactive ketones (excluding diaryl/α,β-unsaturated/α-hetero) is 1. The van der Waals surface area contributed by atoms with Gasteiger partial charge in [0, 0.05) is 26.2 Å². The van der Waals surface area contributed by atoms with Gasteiger partial charge in [0.2, 0.25) is 0 Å². The summed E-state index contributed by atoms with van der Waals surface area (Å²) in [4.78, 5) is 11.7. The summed E-state index contributed by atoms with van der Waals surface area (Å²) in [5, 5.41) is 7.64. The minimum atomic E-state index is -0.0227. The maximum atomic E-state index is 11.7. The molecule has 0 aliphatic rings. The number of ketones is 1. The van der Waals surface area contributed by atoms with Crippen molar-refractivity contribution >= 4 is 5.78 Å². The van der Waals surface area contributed by atoms with Gasteiger partial charge in [-0.05, 0) is 6.42 Å². The zero-order chi connectivity index (χ0) is 12.0. The van der Waals surface area contributed by atoms with E-state index in [1.807, 2.05) is 6.92 Å². The molecule has 6 nitrogen and oxygen atoms in total. The molecule has 1 aromatic heterocycles. The van der Waals surface area contributed by atoms with Gasteiger partial charge < -0.3 is 10.5 Å². The van der Waals surface area contributed by atoms with Crippen LogP contribution < -0.4 is 5.73 Å². The molecule has 0 saturated carbocycles. The Morgan fingerprint density at radius 1 is 1.69 bits per heavy atom. The van der Waals surface area contributed by atoms with Gasteiger partial charge in [0.15, 0.2) is 5.78 Å². The number of methoxy groups -OCH3 is 1. The fraction of sp³-hybridized carbons (Fsp3) is 0.700. The summed E-state index contributed by atoms with van der Waals surface area (Å²) < 4.78 is 6.45. The zero-order valence-corrected chi connectivity index (χ0v) is 9.72. The van der Waals surface area contributed by atoms with Crippen molar-refractivity contribution in [1.82, 2.24) is 15.0 Å². The third-order valence-corrected chi connectivity index (χ3v) is 2.42. The van der Waals surface area contributed by atoms with Gasteiger partial charge in [-0.25, -0.2) is 4.68 Å². The summed E-state index contributed by atoms with van der Waals surface area (Å²) >= 11 is 0. The maximum absolute atomic E-state index is 11.7. The van der Waals surface area contributed by atoms with Crippen LogP contribution in [0, 0.1) is 5.92 Å². The average molecular weight is 226 g/mol. The number of nitrogens with two attached hydrogens (primary N) is 1. The quantitative estimate of drug-likeness (QED) is 0.706. The number of rotatable bonds is 7. The first kappa shape index (κ1) is 12.8. The van der Waals surface area contributed by atoms with E-state index in [0.717, 1.165) is 6.42 Å². The van der Waals surface area contributed by atoms with E-state index in [0.29, 0.717) is 18.8 Å². The highest BCUT2D eigenvalue weighted by molar-refractivity contribution is 5.80. The van der Waals surface area contributed by atoms with E-state index >= 15 is 0 Å². The number of ether oxygens (including phenoxy) is 1. The van der Waals surface area contributed by atoms with E-state index in [2.05, 4.69) is 10.3 Å². The molecule has 1 heterocycles. The third kappa shape index (κ3) is 3.71. The molecule has 90 valence electrons. The van der Waals surface area contributed by atoms with Crippen LogP contribution in [-0.4, -0.2) is 34.5 Å². The van der Waals surface area contributed by atoms with E-state index in [-0.39, 0.29) is 18.2 Å². The molecule has 0 aliphatic heterocycles. The summed E-state index contributed by atoms with van der Waals surface area (Å²) in [6.07, 6.45) is 2.43. The lowest BCUT2D eigenvalue weighted by atomic mass is 10.0. The second-order valence-electron chi connectivity index (χ2n) is 3.76. The van der Waals surface area contributed by atoms with E-state index in [1.165, 1.54) is 4.68 Å². The Balaban J connectivity index is 2.44. The largest absolute Gasteiger partial charge is 0.385 e. The van der Waals surface area contributed by atoms with Gasteiger partial charge in [-0.1, -0.05) is 12.1 Å². The van der Waals surface area contributed by atoms with Crippen LogP contribution in [0.3, 0.4) is 0 Å². The van der Waals surface area contributed by atoms with E-state index in [9.17, 15) is 4.79 Å². The van der Waals surface area contributed by atoms with Crippen LogP contribution in [0.5, 0.6) is 0 Å². The predicted molar refractivity (Wildman–Crippen MR) is 58.6 cm³/mol. The summed E-state index contributed by atoms with van der Waals surface area (Å²) in [7, 11) is 1.63. The Hall–Kier alpha value is -1.27. The molecule has 6 heteroatoms. The molecule has 1 aromatic rings. The van der Waals surface area contributed by atoms with Crippen molar-refractivity contribution in [3.63, 3.8) is 0 Å². The molecule has 2 N–H and O–H groups in total. The van der Waals surface area contributed by atoms with Crippen LogP contribution in [0.25, 0.3) is 0 Å². The van der Waals surface area contributed by atoms with Crippen LogP contribution in [-0.2, 0) is 22.6 Å². The molecule has 1 rings (SSSR count). The molecule has 0 saturated heterocycles. The Labute approximate surface area is 94.8 Å². The summed E-state index contributed by atoms with van der Waals surface area (Å²) in [5.74, 6) is 0.107. The molecule has 0 aliphatic carbocycles. The number of hydrogen-bond acceptors (Lipinski definition) is 5. The molecular formula is C10H18N4O2. The highest BCUT2D eigenvalue weighted by atomic mass is 16.5. The summed E-state index contributed by atoms with van der Waals surface area (Å²) in [6.45, 7) is 3.08. The highest BCUT2D eigenvalue weighted by Gasteiger charge is 2.13. The van der Waals surface area contributed by atoms with Crippen molar-refractivity contribution in [1.29, 1.82) is 0 Å². The van der Waals surface area contributed by atoms with Gasteiger partial charge >= 0.3 is 0 Å². The van der Waals surface area contributed by atoms with Crippen molar-refractivity contribution in [2.24, 2.45) is 11.7 Å². The normalized spacial score (nSPS) is 12.7. The van der Waals surface area contributed by atoms with Crippen LogP contribution >= 0.6 is 0 Å². The molecule has 1 unspecified atom stereocenters. The predicted octanol–water partition coefficient (Wildman–Crippen LogP) is -0.0215. The number of carbonyl (C=O) groups is 1. The topological polar surface area (TPSA) is 83.0 Å². The average Bonchev–Trinajstić information content (AvgIpc) is 2.73. The third-order valence-electron chi connectivity index (χ3n) is 2.42. The second kappa shape index (κ2) is 6.34. The minimum Gasteiger partial charge on any atom is -0.385 e. The fourth-order valence-electron chi connectivity index (χ4n) is 1.28. The molecule has 0 bridgehead atoms. The monoisotopic (exact) mass is 226 g/mol. The molecule has 0 fully saturated rings. The molecule has 0 amide bonds. The molecule has 0 spiro atoms. The van der Waals surface area contributed by atoms with E-state index in [1.54, 1.807) is 13.3 Å². The molecule has 16 heavy (non-hydrogen) atoms. The van der Waals surface area contributed by atoms with Crippen molar-refractivity contribution in [2.45, 2.75) is 26.4 Å². The number of aromatic nitrogens is 3. The van der Waals surface area contributed by atoms with Crippen molar-refractivity contribution in [2.75, 3.05) is 13.7 Å². The highest BCUT2D eigenvalue weighted by Crippen LogP contribution is 2.05. The molecular weight excluding hydrogens is 208 g/mol. The zero-order valence-electron chi connectivity index (χ0n) is 9.72. The Kier molecular flexibility index (Phi) is 5.07. The van der Waals surface area contributed by atoms with Gasteiger partial charge in [0.05, 0.1) is 11.9 Å². The van der Waals surface area contributed by atoms with Crippen molar-refractivity contribution in [3.8, 4) is 0 Å². The minimum absolute atomic E-state index is 0.0227. The van der Waals surface area contributed by atoms with Crippen LogP contribution in [0.4, 0.5) is 0 Å². The first-order valence-corrected chi connectivity index (χ1v) is 5.28. The van der Waals surface area contributed by atoms with Crippen LogP contribution in [0.1, 0.15) is 19.0 Å². The van der Waals surface area contributed by atoms with Crippen LogP contribution in [0.2, 0.25) is 0 Å². The number of carbonyl (C=O) groups excluding carboxylic acids is 1. The SMILES string of the molecule is COCCC(C)C(=O)Cn1cc(CN)nn1. The first-order valence-electron chi connectivity index (χ1n) is 5.28. The molecule has 0 aromatic carbocycles. The Morgan fingerprint density at radius 2 is 2.44 bits per heavy atom. The van der Waals surface area contributed by atoms with Gasteiger partial charge in [-0.2, -0.15) is 0 Å². The lowest BCUT2D eigenvalue weighted by molar-refractivity contribution is -0.123. The van der Waals surface area contributed by atoms with Crippen molar-refractivity contribution < 1.29 is 9.53 Å². The standard InChI is InChI=1S/C10H18N4O2/c1-8(3-4-16-2)10(15)7-14-6-9(5-11)12-13-14/h6,8H,3-5,7,11H2,1-2H3. The first-order chi connectivity index (χ1) is 7.67. The maximum Gasteiger partial charge on any atom is 0.157 e. The van der Waals surface area contributed by atoms with Gasteiger partial charge in [0.25, 0.3) is 0 Å². The van der Waals surface area contributed by atoms with Crippen molar-refractivity contribution in [3.05, 3.63) is 11.9 Å². The van der Waals surface area contributed by atoms with E-state index in [4.69, 9.17) is 10.5 Å². The smallest absolute Gasteiger partial charge is 0.157 e. The van der Waals surface area contributed by atoms with E-state index < -0.39 is 0 Å². The Morgan fingerprint density at radius 3 is 3.00 bits per heavy atom. The number of nitrogens with zero attached hydrogens (tertiary/aromatic N) is 3.